The average Bonchev–Trinajstić information content (AvgIpc) is 3.07. The summed E-state index contributed by atoms with van der Waals surface area (Å²) < 4.78 is 5.49. The fraction of sp³-hybridized carbons (Fsp3) is 0.867. The van der Waals surface area contributed by atoms with Crippen LogP contribution in [0.3, 0.4) is 0 Å². The number of nitrogens with zero attached hydrogens (tertiary/aromatic N) is 3. The van der Waals surface area contributed by atoms with E-state index >= 15 is 0 Å². The van der Waals surface area contributed by atoms with Crippen LogP contribution in [-0.4, -0.2) is 35.3 Å². The lowest BCUT2D eigenvalue weighted by molar-refractivity contribution is 0.270. The van der Waals surface area contributed by atoms with Gasteiger partial charge in [-0.3, -0.25) is 0 Å². The highest BCUT2D eigenvalue weighted by Crippen LogP contribution is 2.32. The minimum atomic E-state index is 0.725. The second-order valence-electron chi connectivity index (χ2n) is 6.72. The van der Waals surface area contributed by atoms with Gasteiger partial charge in [0, 0.05) is 31.6 Å². The van der Waals surface area contributed by atoms with Crippen LogP contribution in [0.1, 0.15) is 50.8 Å². The van der Waals surface area contributed by atoms with Gasteiger partial charge < -0.3 is 14.7 Å². The van der Waals surface area contributed by atoms with E-state index in [2.05, 4.69) is 20.4 Å². The number of nitrogens with one attached hydrogen (secondary N) is 1. The molecule has 4 heterocycles. The zero-order chi connectivity index (χ0) is 13.4. The van der Waals surface area contributed by atoms with Crippen LogP contribution in [0.25, 0.3) is 0 Å². The highest BCUT2D eigenvalue weighted by Gasteiger charge is 2.34. The predicted molar refractivity (Wildman–Crippen MR) is 76.7 cm³/mol. The molecule has 5 heteroatoms. The monoisotopic (exact) mass is 276 g/mol. The molecular formula is C15H24N4O. The van der Waals surface area contributed by atoms with Crippen LogP contribution >= 0.6 is 0 Å². The third kappa shape index (κ3) is 2.55. The molecule has 3 saturated heterocycles. The van der Waals surface area contributed by atoms with Crippen LogP contribution in [-0.2, 0) is 6.42 Å². The molecule has 110 valence electrons. The van der Waals surface area contributed by atoms with E-state index < -0.39 is 0 Å². The highest BCUT2D eigenvalue weighted by molar-refractivity contribution is 5.28. The Morgan fingerprint density at radius 2 is 1.85 bits per heavy atom. The van der Waals surface area contributed by atoms with Gasteiger partial charge in [-0.05, 0) is 56.0 Å². The largest absolute Gasteiger partial charge is 0.338 e. The number of piperidine rings is 2. The Labute approximate surface area is 120 Å². The van der Waals surface area contributed by atoms with Crippen molar-refractivity contribution in [3.8, 4) is 0 Å². The predicted octanol–water partition coefficient (Wildman–Crippen LogP) is 2.13. The third-order valence-electron chi connectivity index (χ3n) is 5.13. The molecule has 2 bridgehead atoms. The van der Waals surface area contributed by atoms with Crippen molar-refractivity contribution in [2.24, 2.45) is 5.92 Å². The number of anilines is 1. The molecule has 2 unspecified atom stereocenters. The summed E-state index contributed by atoms with van der Waals surface area (Å²) in [4.78, 5) is 6.89. The third-order valence-corrected chi connectivity index (χ3v) is 5.13. The normalized spacial score (nSPS) is 33.6. The molecule has 1 N–H and O–H groups in total. The number of rotatable bonds is 3. The summed E-state index contributed by atoms with van der Waals surface area (Å²) in [6.45, 7) is 2.16. The molecule has 1 aromatic heterocycles. The summed E-state index contributed by atoms with van der Waals surface area (Å²) in [5, 5.41) is 7.87. The van der Waals surface area contributed by atoms with Gasteiger partial charge in [-0.25, -0.2) is 0 Å². The molecule has 2 atom stereocenters. The summed E-state index contributed by atoms with van der Waals surface area (Å²) in [7, 11) is 0. The van der Waals surface area contributed by atoms with E-state index in [1.807, 2.05) is 0 Å². The summed E-state index contributed by atoms with van der Waals surface area (Å²) in [5.74, 6) is 2.39. The second-order valence-corrected chi connectivity index (χ2v) is 6.72. The van der Waals surface area contributed by atoms with Crippen molar-refractivity contribution in [2.75, 3.05) is 18.0 Å². The van der Waals surface area contributed by atoms with E-state index in [1.165, 1.54) is 44.9 Å². The van der Waals surface area contributed by atoms with Crippen LogP contribution in [0.5, 0.6) is 0 Å². The Morgan fingerprint density at radius 1 is 1.10 bits per heavy atom. The first-order valence-corrected chi connectivity index (χ1v) is 8.20. The topological polar surface area (TPSA) is 54.2 Å². The first kappa shape index (κ1) is 12.6. The zero-order valence-electron chi connectivity index (χ0n) is 12.1. The SMILES string of the molecule is C1CCN(c2noc(CC3CC4CCC(C3)N4)n2)CC1. The van der Waals surface area contributed by atoms with Gasteiger partial charge in [-0.1, -0.05) is 0 Å². The van der Waals surface area contributed by atoms with Crippen LogP contribution in [0.4, 0.5) is 5.95 Å². The number of hydrogen-bond acceptors (Lipinski definition) is 5. The van der Waals surface area contributed by atoms with Crippen LogP contribution in [0.2, 0.25) is 0 Å². The molecule has 3 aliphatic heterocycles. The van der Waals surface area contributed by atoms with E-state index in [4.69, 9.17) is 4.52 Å². The molecule has 5 nitrogen and oxygen atoms in total. The molecule has 0 spiro atoms. The fourth-order valence-corrected chi connectivity index (χ4v) is 4.14. The van der Waals surface area contributed by atoms with Crippen molar-refractivity contribution in [2.45, 2.75) is 63.5 Å². The van der Waals surface area contributed by atoms with Crippen molar-refractivity contribution < 1.29 is 4.52 Å². The van der Waals surface area contributed by atoms with E-state index in [9.17, 15) is 0 Å². The molecular weight excluding hydrogens is 252 g/mol. The average molecular weight is 276 g/mol. The summed E-state index contributed by atoms with van der Waals surface area (Å²) in [6, 6.07) is 1.48. The molecule has 3 aliphatic rings. The van der Waals surface area contributed by atoms with Gasteiger partial charge in [0.2, 0.25) is 5.89 Å². The summed E-state index contributed by atoms with van der Waals surface area (Å²) >= 11 is 0. The Bertz CT molecular complexity index is 442. The van der Waals surface area contributed by atoms with Gasteiger partial charge in [0.1, 0.15) is 0 Å². The van der Waals surface area contributed by atoms with Gasteiger partial charge in [0.25, 0.3) is 5.95 Å². The Balaban J connectivity index is 1.38. The van der Waals surface area contributed by atoms with E-state index in [0.29, 0.717) is 0 Å². The van der Waals surface area contributed by atoms with E-state index in [1.54, 1.807) is 0 Å². The summed E-state index contributed by atoms with van der Waals surface area (Å²) in [6.07, 6.45) is 10.1. The first-order valence-electron chi connectivity index (χ1n) is 8.20. The number of aromatic nitrogens is 2. The van der Waals surface area contributed by atoms with Crippen molar-refractivity contribution in [3.63, 3.8) is 0 Å². The standard InChI is InChI=1S/C15H24N4O/c1-2-6-19(7-3-1)15-17-14(20-18-15)10-11-8-12-4-5-13(9-11)16-12/h11-13,16H,1-10H2. The number of hydrogen-bond donors (Lipinski definition) is 1. The van der Waals surface area contributed by atoms with Gasteiger partial charge in [0.15, 0.2) is 0 Å². The van der Waals surface area contributed by atoms with Crippen molar-refractivity contribution >= 4 is 5.95 Å². The molecule has 3 fully saturated rings. The maximum absolute atomic E-state index is 5.49. The van der Waals surface area contributed by atoms with Gasteiger partial charge in [-0.15, -0.1) is 0 Å². The van der Waals surface area contributed by atoms with Crippen LogP contribution < -0.4 is 10.2 Å². The lowest BCUT2D eigenvalue weighted by Gasteiger charge is -2.28. The van der Waals surface area contributed by atoms with Crippen molar-refractivity contribution in [1.29, 1.82) is 0 Å². The molecule has 0 aromatic carbocycles. The molecule has 20 heavy (non-hydrogen) atoms. The molecule has 0 radical (unpaired) electrons. The second kappa shape index (κ2) is 5.35. The minimum absolute atomic E-state index is 0.725. The van der Waals surface area contributed by atoms with Crippen LogP contribution in [0.15, 0.2) is 4.52 Å². The van der Waals surface area contributed by atoms with Crippen LogP contribution in [0, 0.1) is 5.92 Å². The van der Waals surface area contributed by atoms with Gasteiger partial charge in [0.05, 0.1) is 0 Å². The molecule has 0 aliphatic carbocycles. The van der Waals surface area contributed by atoms with Gasteiger partial charge >= 0.3 is 0 Å². The molecule has 0 saturated carbocycles. The maximum atomic E-state index is 5.49. The summed E-state index contributed by atoms with van der Waals surface area (Å²) in [5.41, 5.74) is 0. The maximum Gasteiger partial charge on any atom is 0.266 e. The molecule has 0 amide bonds. The van der Waals surface area contributed by atoms with E-state index in [0.717, 1.165) is 49.4 Å². The highest BCUT2D eigenvalue weighted by atomic mass is 16.5. The lowest BCUT2D eigenvalue weighted by Crippen LogP contribution is -2.38. The molecule has 1 aromatic rings. The lowest BCUT2D eigenvalue weighted by atomic mass is 9.90. The quantitative estimate of drug-likeness (QED) is 0.916. The number of fused-ring (bicyclic) bond motifs is 2. The Kier molecular flexibility index (Phi) is 3.38. The van der Waals surface area contributed by atoms with Crippen molar-refractivity contribution in [3.05, 3.63) is 5.89 Å². The van der Waals surface area contributed by atoms with Crippen molar-refractivity contribution in [1.82, 2.24) is 15.5 Å². The Morgan fingerprint density at radius 3 is 2.60 bits per heavy atom. The minimum Gasteiger partial charge on any atom is -0.338 e. The molecule has 4 rings (SSSR count). The Hall–Kier alpha value is -1.10. The smallest absolute Gasteiger partial charge is 0.266 e. The first-order chi connectivity index (χ1) is 9.87. The fourth-order valence-electron chi connectivity index (χ4n) is 4.14. The van der Waals surface area contributed by atoms with Gasteiger partial charge in [-0.2, -0.15) is 4.98 Å². The zero-order valence-corrected chi connectivity index (χ0v) is 12.1. The van der Waals surface area contributed by atoms with E-state index in [-0.39, 0.29) is 0 Å².